The summed E-state index contributed by atoms with van der Waals surface area (Å²) in [5.74, 6) is -1.29. The number of rotatable bonds is 8. The summed E-state index contributed by atoms with van der Waals surface area (Å²) in [5.41, 5.74) is 6.37. The van der Waals surface area contributed by atoms with E-state index in [1.54, 1.807) is 48.5 Å². The smallest absolute Gasteiger partial charge is 0.277 e. The fourth-order valence-corrected chi connectivity index (χ4v) is 2.71. The minimum absolute atomic E-state index is 0.0700. The normalized spacial score (nSPS) is 10.5. The zero-order chi connectivity index (χ0) is 21.5. The molecule has 0 atom stereocenters. The standard InChI is InChI=1S/C20H20N6O4/c21-17(27)12-23-19(29)14-7-5-13(6-8-14)11-22-18(28)9-10-26-20(30)15-3-1-2-4-16(15)24-25-26/h1-8H,9-12H2,(H2,21,27)(H,22,28)(H,23,29). The lowest BCUT2D eigenvalue weighted by molar-refractivity contribution is -0.121. The number of fused-ring (bicyclic) bond motifs is 1. The summed E-state index contributed by atoms with van der Waals surface area (Å²) in [6, 6.07) is 13.4. The van der Waals surface area contributed by atoms with Gasteiger partial charge in [0.2, 0.25) is 11.8 Å². The molecule has 0 aliphatic carbocycles. The van der Waals surface area contributed by atoms with Gasteiger partial charge in [0.05, 0.1) is 18.5 Å². The molecule has 3 aromatic rings. The number of carbonyl (C=O) groups excluding carboxylic acids is 3. The van der Waals surface area contributed by atoms with Crippen molar-refractivity contribution < 1.29 is 14.4 Å². The van der Waals surface area contributed by atoms with Crippen LogP contribution in [0.15, 0.2) is 53.3 Å². The van der Waals surface area contributed by atoms with Gasteiger partial charge >= 0.3 is 0 Å². The Balaban J connectivity index is 1.50. The van der Waals surface area contributed by atoms with Crippen molar-refractivity contribution in [2.24, 2.45) is 5.73 Å². The van der Waals surface area contributed by atoms with Gasteiger partial charge in [0, 0.05) is 18.5 Å². The third kappa shape index (κ3) is 5.25. The molecule has 0 radical (unpaired) electrons. The summed E-state index contributed by atoms with van der Waals surface area (Å²) in [5, 5.41) is 13.4. The van der Waals surface area contributed by atoms with Gasteiger partial charge in [0.25, 0.3) is 11.5 Å². The van der Waals surface area contributed by atoms with E-state index in [1.165, 1.54) is 4.68 Å². The van der Waals surface area contributed by atoms with Crippen LogP contribution in [0.5, 0.6) is 0 Å². The number of nitrogens with zero attached hydrogens (tertiary/aromatic N) is 3. The lowest BCUT2D eigenvalue weighted by Crippen LogP contribution is -2.33. The first-order valence-corrected chi connectivity index (χ1v) is 9.19. The SMILES string of the molecule is NC(=O)CNC(=O)c1ccc(CNC(=O)CCn2nnc3ccccc3c2=O)cc1. The molecule has 4 N–H and O–H groups in total. The molecule has 1 aromatic heterocycles. The van der Waals surface area contributed by atoms with Crippen LogP contribution in [0.4, 0.5) is 0 Å². The van der Waals surface area contributed by atoms with E-state index in [4.69, 9.17) is 5.73 Å². The van der Waals surface area contributed by atoms with E-state index < -0.39 is 11.8 Å². The quantitative estimate of drug-likeness (QED) is 0.466. The van der Waals surface area contributed by atoms with Crippen LogP contribution in [0.25, 0.3) is 10.9 Å². The molecule has 3 rings (SSSR count). The molecular weight excluding hydrogens is 388 g/mol. The van der Waals surface area contributed by atoms with Crippen molar-refractivity contribution in [3.63, 3.8) is 0 Å². The number of nitrogens with one attached hydrogen (secondary N) is 2. The summed E-state index contributed by atoms with van der Waals surface area (Å²) < 4.78 is 1.17. The van der Waals surface area contributed by atoms with E-state index in [0.717, 1.165) is 5.56 Å². The van der Waals surface area contributed by atoms with Crippen LogP contribution in [0.3, 0.4) is 0 Å². The molecular formula is C20H20N6O4. The van der Waals surface area contributed by atoms with Crippen molar-refractivity contribution >= 4 is 28.6 Å². The number of nitrogens with two attached hydrogens (primary N) is 1. The Labute approximate surface area is 171 Å². The van der Waals surface area contributed by atoms with Crippen LogP contribution in [0.1, 0.15) is 22.3 Å². The van der Waals surface area contributed by atoms with Crippen LogP contribution >= 0.6 is 0 Å². The highest BCUT2D eigenvalue weighted by Gasteiger charge is 2.09. The number of carbonyl (C=O) groups is 3. The maximum atomic E-state index is 12.4. The van der Waals surface area contributed by atoms with E-state index in [2.05, 4.69) is 20.9 Å². The molecule has 3 amide bonds. The number of primary amides is 1. The lowest BCUT2D eigenvalue weighted by Gasteiger charge is -2.08. The van der Waals surface area contributed by atoms with Gasteiger partial charge in [-0.15, -0.1) is 5.10 Å². The van der Waals surface area contributed by atoms with Gasteiger partial charge in [-0.25, -0.2) is 4.68 Å². The maximum absolute atomic E-state index is 12.4. The molecule has 0 aliphatic heterocycles. The van der Waals surface area contributed by atoms with Crippen molar-refractivity contribution in [3.05, 3.63) is 70.0 Å². The molecule has 2 aromatic carbocycles. The van der Waals surface area contributed by atoms with Crippen molar-refractivity contribution in [1.82, 2.24) is 25.6 Å². The third-order valence-electron chi connectivity index (χ3n) is 4.31. The second-order valence-corrected chi connectivity index (χ2v) is 6.51. The third-order valence-corrected chi connectivity index (χ3v) is 4.31. The Bertz CT molecular complexity index is 1140. The number of hydrogen-bond acceptors (Lipinski definition) is 6. The summed E-state index contributed by atoms with van der Waals surface area (Å²) >= 11 is 0. The molecule has 154 valence electrons. The molecule has 10 heteroatoms. The second kappa shape index (κ2) is 9.41. The van der Waals surface area contributed by atoms with Crippen molar-refractivity contribution in [2.75, 3.05) is 6.54 Å². The van der Waals surface area contributed by atoms with Gasteiger partial charge in [-0.1, -0.05) is 29.5 Å². The highest BCUT2D eigenvalue weighted by molar-refractivity contribution is 5.96. The number of hydrogen-bond donors (Lipinski definition) is 3. The summed E-state index contributed by atoms with van der Waals surface area (Å²) in [6.45, 7) is 0.142. The minimum Gasteiger partial charge on any atom is -0.368 e. The number of aromatic nitrogens is 3. The molecule has 0 saturated carbocycles. The van der Waals surface area contributed by atoms with Crippen LogP contribution in [0, 0.1) is 0 Å². The highest BCUT2D eigenvalue weighted by atomic mass is 16.2. The van der Waals surface area contributed by atoms with E-state index in [1.807, 2.05) is 0 Å². The molecule has 1 heterocycles. The first-order chi connectivity index (χ1) is 14.4. The van der Waals surface area contributed by atoms with Crippen molar-refractivity contribution in [3.8, 4) is 0 Å². The van der Waals surface area contributed by atoms with Crippen molar-refractivity contribution in [1.29, 1.82) is 0 Å². The van der Waals surface area contributed by atoms with Gasteiger partial charge in [-0.2, -0.15) is 0 Å². The predicted octanol–water partition coefficient (Wildman–Crippen LogP) is -0.287. The molecule has 0 bridgehead atoms. The monoisotopic (exact) mass is 408 g/mol. The topological polar surface area (TPSA) is 149 Å². The molecule has 0 spiro atoms. The van der Waals surface area contributed by atoms with Crippen LogP contribution in [-0.2, 0) is 22.7 Å². The number of benzene rings is 2. The molecule has 0 aliphatic rings. The van der Waals surface area contributed by atoms with Crippen LogP contribution < -0.4 is 21.9 Å². The summed E-state index contributed by atoms with van der Waals surface area (Å²) in [7, 11) is 0. The van der Waals surface area contributed by atoms with E-state index in [0.29, 0.717) is 16.5 Å². The first kappa shape index (κ1) is 20.6. The van der Waals surface area contributed by atoms with E-state index in [-0.39, 0.29) is 37.5 Å². The van der Waals surface area contributed by atoms with Crippen molar-refractivity contribution in [2.45, 2.75) is 19.5 Å². The molecule has 0 saturated heterocycles. The Morgan fingerprint density at radius 2 is 1.73 bits per heavy atom. The van der Waals surface area contributed by atoms with Crippen LogP contribution in [0.2, 0.25) is 0 Å². The summed E-state index contributed by atoms with van der Waals surface area (Å²) in [4.78, 5) is 47.0. The van der Waals surface area contributed by atoms with E-state index in [9.17, 15) is 19.2 Å². The van der Waals surface area contributed by atoms with E-state index >= 15 is 0 Å². The fourth-order valence-electron chi connectivity index (χ4n) is 2.71. The Morgan fingerprint density at radius 3 is 2.47 bits per heavy atom. The Kier molecular flexibility index (Phi) is 6.48. The predicted molar refractivity (Wildman–Crippen MR) is 108 cm³/mol. The van der Waals surface area contributed by atoms with Gasteiger partial charge in [-0.05, 0) is 29.8 Å². The average molecular weight is 408 g/mol. The highest BCUT2D eigenvalue weighted by Crippen LogP contribution is 2.05. The van der Waals surface area contributed by atoms with Gasteiger partial charge in [0.1, 0.15) is 5.52 Å². The zero-order valence-electron chi connectivity index (χ0n) is 16.0. The number of amides is 3. The summed E-state index contributed by atoms with van der Waals surface area (Å²) in [6.07, 6.45) is 0.0700. The molecule has 0 unspecified atom stereocenters. The molecule has 0 fully saturated rings. The Hall–Kier alpha value is -4.08. The van der Waals surface area contributed by atoms with Gasteiger partial charge in [0.15, 0.2) is 0 Å². The first-order valence-electron chi connectivity index (χ1n) is 9.19. The average Bonchev–Trinajstić information content (AvgIpc) is 2.76. The fraction of sp³-hybridized carbons (Fsp3) is 0.200. The van der Waals surface area contributed by atoms with Gasteiger partial charge in [-0.3, -0.25) is 19.2 Å². The van der Waals surface area contributed by atoms with Gasteiger partial charge < -0.3 is 16.4 Å². The molecule has 10 nitrogen and oxygen atoms in total. The maximum Gasteiger partial charge on any atom is 0.277 e. The largest absolute Gasteiger partial charge is 0.368 e. The van der Waals surface area contributed by atoms with Crippen LogP contribution in [-0.4, -0.2) is 39.3 Å². The second-order valence-electron chi connectivity index (χ2n) is 6.51. The Morgan fingerprint density at radius 1 is 1.00 bits per heavy atom. The number of aryl methyl sites for hydroxylation is 1. The molecule has 30 heavy (non-hydrogen) atoms. The minimum atomic E-state index is -0.625. The zero-order valence-corrected chi connectivity index (χ0v) is 16.0. The lowest BCUT2D eigenvalue weighted by atomic mass is 10.1.